The topological polar surface area (TPSA) is 67.8 Å². The summed E-state index contributed by atoms with van der Waals surface area (Å²) in [5.41, 5.74) is 2.71. The first-order valence-electron chi connectivity index (χ1n) is 5.18. The van der Waals surface area contributed by atoms with Gasteiger partial charge in [-0.3, -0.25) is 4.79 Å². The van der Waals surface area contributed by atoms with Gasteiger partial charge in [-0.15, -0.1) is 0 Å². The third-order valence-corrected chi connectivity index (χ3v) is 1.72. The zero-order valence-electron chi connectivity index (χ0n) is 9.71. The molecule has 17 heavy (non-hydrogen) atoms. The third-order valence-electron chi connectivity index (χ3n) is 1.72. The summed E-state index contributed by atoms with van der Waals surface area (Å²) in [6.45, 7) is 3.46. The zero-order chi connectivity index (χ0) is 12.7. The molecule has 0 bridgehead atoms. The molecule has 1 N–H and O–H groups in total. The molecule has 1 aromatic carbocycles. The van der Waals surface area contributed by atoms with Crippen LogP contribution in [0, 0.1) is 0 Å². The van der Waals surface area contributed by atoms with Gasteiger partial charge in [0.15, 0.2) is 0 Å². The fraction of sp³-hybridized carbons (Fsp3) is 0.250. The third kappa shape index (κ3) is 4.92. The molecule has 0 unspecified atom stereocenters. The zero-order valence-corrected chi connectivity index (χ0v) is 9.71. The predicted octanol–water partition coefficient (Wildman–Crippen LogP) is 1.35. The van der Waals surface area contributed by atoms with Crippen LogP contribution in [0.15, 0.2) is 35.4 Å². The quantitative estimate of drug-likeness (QED) is 0.486. The minimum absolute atomic E-state index is 0.209. The molecule has 0 saturated carbocycles. The molecule has 0 atom stereocenters. The van der Waals surface area contributed by atoms with Gasteiger partial charge in [0, 0.05) is 5.56 Å². The van der Waals surface area contributed by atoms with E-state index in [1.54, 1.807) is 44.2 Å². The summed E-state index contributed by atoms with van der Waals surface area (Å²) in [6.07, 6.45) is 0.722. The number of nitrogens with zero attached hydrogens (tertiary/aromatic N) is 1. The molecule has 0 saturated heterocycles. The highest BCUT2D eigenvalue weighted by molar-refractivity contribution is 6.23. The molecule has 0 radical (unpaired) electrons. The van der Waals surface area contributed by atoms with E-state index in [0.717, 1.165) is 6.21 Å². The summed E-state index contributed by atoms with van der Waals surface area (Å²) >= 11 is 0. The molecule has 1 rings (SSSR count). The first-order chi connectivity index (χ1) is 8.09. The molecule has 0 heterocycles. The van der Waals surface area contributed by atoms with Crippen molar-refractivity contribution in [1.29, 1.82) is 0 Å². The summed E-state index contributed by atoms with van der Waals surface area (Å²) in [5, 5.41) is 3.50. The highest BCUT2D eigenvalue weighted by Crippen LogP contribution is 1.97. The van der Waals surface area contributed by atoms with Crippen molar-refractivity contribution in [2.75, 3.05) is 0 Å². The highest BCUT2D eigenvalue weighted by atomic mass is 16.5. The van der Waals surface area contributed by atoms with E-state index in [1.165, 1.54) is 0 Å². The van der Waals surface area contributed by atoms with Gasteiger partial charge < -0.3 is 4.74 Å². The maximum atomic E-state index is 11.5. The van der Waals surface area contributed by atoms with Gasteiger partial charge in [-0.1, -0.05) is 18.2 Å². The van der Waals surface area contributed by atoms with E-state index in [4.69, 9.17) is 4.74 Å². The van der Waals surface area contributed by atoms with Crippen LogP contribution in [0.2, 0.25) is 0 Å². The number of carbonyl (C=O) groups excluding carboxylic acids is 2. The monoisotopic (exact) mass is 234 g/mol. The Hall–Kier alpha value is -2.17. The number of carbonyl (C=O) groups is 2. The average molecular weight is 234 g/mol. The van der Waals surface area contributed by atoms with Crippen LogP contribution in [-0.4, -0.2) is 24.2 Å². The minimum atomic E-state index is -0.589. The Balaban J connectivity index is 2.44. The normalized spacial score (nSPS) is 10.5. The molecule has 0 spiro atoms. The lowest BCUT2D eigenvalue weighted by Crippen LogP contribution is -2.20. The second-order valence-electron chi connectivity index (χ2n) is 3.55. The SMILES string of the molecule is CC(C)OC(=O)C=NNC(=O)c1ccccc1. The molecule has 1 amide bonds. The van der Waals surface area contributed by atoms with Crippen LogP contribution in [0.4, 0.5) is 0 Å². The van der Waals surface area contributed by atoms with Gasteiger partial charge in [0.25, 0.3) is 5.91 Å². The molecular weight excluding hydrogens is 220 g/mol. The maximum Gasteiger partial charge on any atom is 0.351 e. The summed E-state index contributed by atoms with van der Waals surface area (Å²) in [5.74, 6) is -0.965. The van der Waals surface area contributed by atoms with Crippen molar-refractivity contribution in [3.63, 3.8) is 0 Å². The average Bonchev–Trinajstić information content (AvgIpc) is 2.29. The van der Waals surface area contributed by atoms with E-state index in [0.29, 0.717) is 5.56 Å². The molecule has 90 valence electrons. The van der Waals surface area contributed by atoms with Gasteiger partial charge >= 0.3 is 5.97 Å². The van der Waals surface area contributed by atoms with E-state index >= 15 is 0 Å². The first-order valence-corrected chi connectivity index (χ1v) is 5.18. The Morgan fingerprint density at radius 3 is 2.53 bits per heavy atom. The molecular formula is C12H14N2O3. The van der Waals surface area contributed by atoms with Crippen LogP contribution in [-0.2, 0) is 9.53 Å². The van der Waals surface area contributed by atoms with Crippen molar-refractivity contribution in [2.45, 2.75) is 20.0 Å². The van der Waals surface area contributed by atoms with E-state index in [-0.39, 0.29) is 12.0 Å². The lowest BCUT2D eigenvalue weighted by atomic mass is 10.2. The minimum Gasteiger partial charge on any atom is -0.459 e. The van der Waals surface area contributed by atoms with Gasteiger partial charge in [0.2, 0.25) is 0 Å². The van der Waals surface area contributed by atoms with Gasteiger partial charge in [0.05, 0.1) is 6.10 Å². The van der Waals surface area contributed by atoms with Crippen LogP contribution in [0.25, 0.3) is 0 Å². The number of nitrogens with one attached hydrogen (secondary N) is 1. The van der Waals surface area contributed by atoms with E-state index in [2.05, 4.69) is 10.5 Å². The van der Waals surface area contributed by atoms with Crippen LogP contribution in [0.1, 0.15) is 24.2 Å². The van der Waals surface area contributed by atoms with Crippen LogP contribution >= 0.6 is 0 Å². The van der Waals surface area contributed by atoms with E-state index in [1.807, 2.05) is 0 Å². The number of hydrogen-bond acceptors (Lipinski definition) is 4. The summed E-state index contributed by atoms with van der Waals surface area (Å²) < 4.78 is 4.80. The van der Waals surface area contributed by atoms with Crippen LogP contribution < -0.4 is 5.43 Å². The predicted molar refractivity (Wildman–Crippen MR) is 63.6 cm³/mol. The Labute approximate surface area is 99.5 Å². The molecule has 1 aromatic rings. The molecule has 5 heteroatoms. The molecule has 5 nitrogen and oxygen atoms in total. The van der Waals surface area contributed by atoms with Gasteiger partial charge in [-0.05, 0) is 26.0 Å². The second kappa shape index (κ2) is 6.42. The number of esters is 1. The molecule has 0 fully saturated rings. The van der Waals surface area contributed by atoms with E-state index < -0.39 is 5.97 Å². The largest absolute Gasteiger partial charge is 0.459 e. The van der Waals surface area contributed by atoms with Crippen LogP contribution in [0.3, 0.4) is 0 Å². The highest BCUT2D eigenvalue weighted by Gasteiger charge is 2.03. The van der Waals surface area contributed by atoms with E-state index in [9.17, 15) is 9.59 Å². The summed E-state index contributed by atoms with van der Waals surface area (Å²) in [7, 11) is 0. The summed E-state index contributed by atoms with van der Waals surface area (Å²) in [6, 6.07) is 8.59. The molecule has 0 aliphatic rings. The van der Waals surface area contributed by atoms with Gasteiger partial charge in [-0.2, -0.15) is 5.10 Å². The Kier molecular flexibility index (Phi) is 4.87. The lowest BCUT2D eigenvalue weighted by Gasteiger charge is -2.03. The van der Waals surface area contributed by atoms with Gasteiger partial charge in [0.1, 0.15) is 6.21 Å². The molecule has 0 aromatic heterocycles. The summed E-state index contributed by atoms with van der Waals surface area (Å²) in [4.78, 5) is 22.5. The van der Waals surface area contributed by atoms with Crippen molar-refractivity contribution in [3.8, 4) is 0 Å². The van der Waals surface area contributed by atoms with Crippen molar-refractivity contribution >= 4 is 18.1 Å². The van der Waals surface area contributed by atoms with Crippen molar-refractivity contribution < 1.29 is 14.3 Å². The maximum absolute atomic E-state index is 11.5. The Bertz CT molecular complexity index is 413. The number of hydrazone groups is 1. The number of hydrogen-bond donors (Lipinski definition) is 1. The Morgan fingerprint density at radius 1 is 1.29 bits per heavy atom. The van der Waals surface area contributed by atoms with Gasteiger partial charge in [-0.25, -0.2) is 10.2 Å². The van der Waals surface area contributed by atoms with Crippen molar-refractivity contribution in [1.82, 2.24) is 5.43 Å². The smallest absolute Gasteiger partial charge is 0.351 e. The molecule has 0 aliphatic heterocycles. The number of ether oxygens (including phenoxy) is 1. The second-order valence-corrected chi connectivity index (χ2v) is 3.55. The van der Waals surface area contributed by atoms with Crippen molar-refractivity contribution in [3.05, 3.63) is 35.9 Å². The Morgan fingerprint density at radius 2 is 1.94 bits per heavy atom. The number of benzene rings is 1. The standard InChI is InChI=1S/C12H14N2O3/c1-9(2)17-11(15)8-13-14-12(16)10-6-4-3-5-7-10/h3-9H,1-2H3,(H,14,16). The lowest BCUT2D eigenvalue weighted by molar-refractivity contribution is -0.138. The molecule has 0 aliphatic carbocycles. The number of rotatable bonds is 4. The van der Waals surface area contributed by atoms with Crippen LogP contribution in [0.5, 0.6) is 0 Å². The van der Waals surface area contributed by atoms with Crippen molar-refractivity contribution in [2.24, 2.45) is 5.10 Å². The fourth-order valence-corrected chi connectivity index (χ4v) is 1.06. The fourth-order valence-electron chi connectivity index (χ4n) is 1.06. The number of amides is 1. The first kappa shape index (κ1) is 12.9.